The second-order valence-corrected chi connectivity index (χ2v) is 10.2. The molecule has 5 heteroatoms. The van der Waals surface area contributed by atoms with E-state index in [0.717, 1.165) is 0 Å². The summed E-state index contributed by atoms with van der Waals surface area (Å²) in [5.74, 6) is 0. The van der Waals surface area contributed by atoms with E-state index in [2.05, 4.69) is 0 Å². The van der Waals surface area contributed by atoms with Crippen molar-refractivity contribution in [2.24, 2.45) is 0 Å². The highest BCUT2D eigenvalue weighted by Crippen LogP contribution is 2.66. The van der Waals surface area contributed by atoms with Crippen LogP contribution in [-0.4, -0.2) is 12.3 Å². The summed E-state index contributed by atoms with van der Waals surface area (Å²) >= 11 is 0. The van der Waals surface area contributed by atoms with Gasteiger partial charge in [-0.05, 0) is 30.7 Å². The van der Waals surface area contributed by atoms with Crippen molar-refractivity contribution in [3.63, 3.8) is 0 Å². The van der Waals surface area contributed by atoms with Gasteiger partial charge in [-0.3, -0.25) is 13.4 Å². The number of benzene rings is 2. The summed E-state index contributed by atoms with van der Waals surface area (Å²) < 4.78 is 31.8. The molecule has 0 amide bonds. The van der Waals surface area contributed by atoms with Crippen LogP contribution in [0.2, 0.25) is 0 Å². The predicted molar refractivity (Wildman–Crippen MR) is 82.8 cm³/mol. The molecule has 0 N–H and O–H groups in total. The van der Waals surface area contributed by atoms with Crippen LogP contribution in [0.4, 0.5) is 0 Å². The number of rotatable bonds is 2. The van der Waals surface area contributed by atoms with Gasteiger partial charge in [-0.25, -0.2) is 0 Å². The molecular formula is C15H16O3P2. The van der Waals surface area contributed by atoms with Crippen molar-refractivity contribution in [3.05, 3.63) is 60.7 Å². The van der Waals surface area contributed by atoms with E-state index in [1.54, 1.807) is 24.3 Å². The molecule has 0 aromatic heterocycles. The molecule has 1 saturated heterocycles. The van der Waals surface area contributed by atoms with Gasteiger partial charge in [0.15, 0.2) is 0 Å². The van der Waals surface area contributed by atoms with Crippen molar-refractivity contribution >= 4 is 25.3 Å². The van der Waals surface area contributed by atoms with Crippen molar-refractivity contribution in [3.8, 4) is 0 Å². The fraction of sp³-hybridized carbons (Fsp3) is 0.200. The Hall–Kier alpha value is -1.14. The first-order valence-electron chi connectivity index (χ1n) is 6.63. The SMILES string of the molecule is O=P1(c2ccccc2)CCCP(=O)(c2ccccc2)O1. The first-order chi connectivity index (χ1) is 9.62. The molecule has 1 aliphatic heterocycles. The third-order valence-corrected chi connectivity index (χ3v) is 9.56. The average Bonchev–Trinajstić information content (AvgIpc) is 2.49. The van der Waals surface area contributed by atoms with Gasteiger partial charge < -0.3 is 0 Å². The minimum absolute atomic E-state index is 0.466. The first-order valence-corrected chi connectivity index (χ1v) is 10.3. The molecule has 1 aliphatic rings. The minimum Gasteiger partial charge on any atom is -0.287 e. The summed E-state index contributed by atoms with van der Waals surface area (Å²) in [6.07, 6.45) is 1.60. The lowest BCUT2D eigenvalue weighted by Gasteiger charge is -2.30. The summed E-state index contributed by atoms with van der Waals surface area (Å²) in [5.41, 5.74) is 0. The molecule has 2 atom stereocenters. The quantitative estimate of drug-likeness (QED) is 0.796. The standard InChI is InChI=1S/C15H16O3P2/c16-19(14-8-3-1-4-9-14)12-7-13-20(17,18-19)15-10-5-2-6-11-15/h1-6,8-11H,7,12-13H2. The van der Waals surface area contributed by atoms with Crippen LogP contribution >= 0.6 is 14.7 Å². The Kier molecular flexibility index (Phi) is 3.69. The van der Waals surface area contributed by atoms with E-state index >= 15 is 0 Å². The van der Waals surface area contributed by atoms with E-state index in [-0.39, 0.29) is 0 Å². The highest BCUT2D eigenvalue weighted by molar-refractivity contribution is 7.80. The Labute approximate surface area is 118 Å². The second-order valence-electron chi connectivity index (χ2n) is 4.90. The maximum Gasteiger partial charge on any atom is 0.237 e. The van der Waals surface area contributed by atoms with E-state index in [4.69, 9.17) is 4.31 Å². The van der Waals surface area contributed by atoms with Gasteiger partial charge in [0.2, 0.25) is 14.7 Å². The normalized spacial score (nSPS) is 30.0. The van der Waals surface area contributed by atoms with E-state index in [9.17, 15) is 9.13 Å². The molecule has 2 unspecified atom stereocenters. The smallest absolute Gasteiger partial charge is 0.237 e. The lowest BCUT2D eigenvalue weighted by Crippen LogP contribution is -2.20. The van der Waals surface area contributed by atoms with Gasteiger partial charge in [-0.1, -0.05) is 36.4 Å². The maximum atomic E-state index is 13.0. The Morgan fingerprint density at radius 1 is 0.700 bits per heavy atom. The second kappa shape index (κ2) is 5.33. The summed E-state index contributed by atoms with van der Waals surface area (Å²) in [6.45, 7) is 0. The Morgan fingerprint density at radius 2 is 1.10 bits per heavy atom. The molecule has 0 bridgehead atoms. The Bertz CT molecular complexity index is 623. The maximum absolute atomic E-state index is 13.0. The summed E-state index contributed by atoms with van der Waals surface area (Å²) in [4.78, 5) is 0. The molecule has 0 spiro atoms. The zero-order chi connectivity index (χ0) is 14.1. The van der Waals surface area contributed by atoms with E-state index in [0.29, 0.717) is 29.4 Å². The Balaban J connectivity index is 1.99. The van der Waals surface area contributed by atoms with Crippen LogP contribution in [0.15, 0.2) is 60.7 Å². The van der Waals surface area contributed by atoms with E-state index in [1.807, 2.05) is 36.4 Å². The van der Waals surface area contributed by atoms with Gasteiger partial charge in [0.1, 0.15) is 0 Å². The third kappa shape index (κ3) is 2.54. The Morgan fingerprint density at radius 3 is 1.50 bits per heavy atom. The average molecular weight is 306 g/mol. The van der Waals surface area contributed by atoms with Gasteiger partial charge in [-0.15, -0.1) is 0 Å². The van der Waals surface area contributed by atoms with Crippen molar-refractivity contribution in [1.82, 2.24) is 0 Å². The molecule has 3 nitrogen and oxygen atoms in total. The molecular weight excluding hydrogens is 290 g/mol. The molecule has 0 radical (unpaired) electrons. The van der Waals surface area contributed by atoms with E-state index in [1.165, 1.54) is 0 Å². The zero-order valence-electron chi connectivity index (χ0n) is 11.0. The van der Waals surface area contributed by atoms with Crippen molar-refractivity contribution in [1.29, 1.82) is 0 Å². The van der Waals surface area contributed by atoms with Gasteiger partial charge >= 0.3 is 0 Å². The van der Waals surface area contributed by atoms with Crippen LogP contribution in [0.1, 0.15) is 6.42 Å². The zero-order valence-corrected chi connectivity index (χ0v) is 12.8. The van der Waals surface area contributed by atoms with Crippen LogP contribution < -0.4 is 10.6 Å². The molecule has 104 valence electrons. The molecule has 2 aromatic carbocycles. The summed E-state index contributed by atoms with van der Waals surface area (Å²) in [5, 5.41) is 1.33. The fourth-order valence-electron chi connectivity index (χ4n) is 2.44. The molecule has 3 rings (SSSR count). The molecule has 0 aliphatic carbocycles. The fourth-order valence-corrected chi connectivity index (χ4v) is 8.72. The summed E-state index contributed by atoms with van der Waals surface area (Å²) in [7, 11) is -6.03. The van der Waals surface area contributed by atoms with Gasteiger partial charge in [0.05, 0.1) is 0 Å². The molecule has 2 aromatic rings. The van der Waals surface area contributed by atoms with Crippen LogP contribution in [-0.2, 0) is 13.4 Å². The summed E-state index contributed by atoms with van der Waals surface area (Å²) in [6, 6.07) is 18.3. The topological polar surface area (TPSA) is 43.4 Å². The highest BCUT2D eigenvalue weighted by atomic mass is 31.2. The monoisotopic (exact) mass is 306 g/mol. The largest absolute Gasteiger partial charge is 0.287 e. The molecule has 0 saturated carbocycles. The van der Waals surface area contributed by atoms with Crippen LogP contribution in [0.25, 0.3) is 0 Å². The van der Waals surface area contributed by atoms with Gasteiger partial charge in [0, 0.05) is 22.9 Å². The predicted octanol–water partition coefficient (Wildman–Crippen LogP) is 3.61. The van der Waals surface area contributed by atoms with Crippen LogP contribution in [0.3, 0.4) is 0 Å². The molecule has 1 heterocycles. The number of hydrogen-bond acceptors (Lipinski definition) is 3. The van der Waals surface area contributed by atoms with Crippen molar-refractivity contribution in [2.45, 2.75) is 6.42 Å². The van der Waals surface area contributed by atoms with Crippen LogP contribution in [0.5, 0.6) is 0 Å². The van der Waals surface area contributed by atoms with E-state index < -0.39 is 14.7 Å². The van der Waals surface area contributed by atoms with Crippen LogP contribution in [0, 0.1) is 0 Å². The lowest BCUT2D eigenvalue weighted by atomic mass is 10.4. The minimum atomic E-state index is -3.02. The number of hydrogen-bond donors (Lipinski definition) is 0. The first kappa shape index (κ1) is 13.8. The molecule has 1 fully saturated rings. The highest BCUT2D eigenvalue weighted by Gasteiger charge is 2.41. The lowest BCUT2D eigenvalue weighted by molar-refractivity contribution is 0.460. The van der Waals surface area contributed by atoms with Crippen molar-refractivity contribution in [2.75, 3.05) is 12.3 Å². The molecule has 20 heavy (non-hydrogen) atoms. The van der Waals surface area contributed by atoms with Crippen molar-refractivity contribution < 1.29 is 13.4 Å². The van der Waals surface area contributed by atoms with Gasteiger partial charge in [0.25, 0.3) is 0 Å². The van der Waals surface area contributed by atoms with Gasteiger partial charge in [-0.2, -0.15) is 0 Å². The third-order valence-electron chi connectivity index (χ3n) is 3.47.